The van der Waals surface area contributed by atoms with Crippen molar-refractivity contribution in [3.8, 4) is 0 Å². The lowest BCUT2D eigenvalue weighted by Gasteiger charge is -2.32. The third kappa shape index (κ3) is 2.91. The molecule has 2 aromatic heterocycles. The van der Waals surface area contributed by atoms with E-state index in [1.165, 1.54) is 0 Å². The average molecular weight is 370 g/mol. The topological polar surface area (TPSA) is 68.1 Å². The van der Waals surface area contributed by atoms with Crippen molar-refractivity contribution in [1.82, 2.24) is 18.8 Å². The lowest BCUT2D eigenvalue weighted by Crippen LogP contribution is -2.39. The molecule has 0 unspecified atom stereocenters. The van der Waals surface area contributed by atoms with Gasteiger partial charge in [-0.05, 0) is 56.0 Å². The van der Waals surface area contributed by atoms with Crippen molar-refractivity contribution in [1.29, 1.82) is 0 Å². The molecule has 0 atom stereocenters. The zero-order valence-electron chi connectivity index (χ0n) is 15.0. The SMILES string of the molecule is Cc1ccc(C)c(S(=O)(=O)N2CCC(n3cnc4cccnc43)CC2)c1. The van der Waals surface area contributed by atoms with Crippen LogP contribution in [0.15, 0.2) is 47.8 Å². The number of pyridine rings is 1. The van der Waals surface area contributed by atoms with E-state index in [0.29, 0.717) is 18.0 Å². The van der Waals surface area contributed by atoms with Gasteiger partial charge >= 0.3 is 0 Å². The highest BCUT2D eigenvalue weighted by Crippen LogP contribution is 2.30. The molecule has 0 bridgehead atoms. The van der Waals surface area contributed by atoms with Crippen molar-refractivity contribution in [3.63, 3.8) is 0 Å². The van der Waals surface area contributed by atoms with Crippen LogP contribution in [0, 0.1) is 13.8 Å². The van der Waals surface area contributed by atoms with Crippen molar-refractivity contribution in [3.05, 3.63) is 54.0 Å². The third-order valence-electron chi connectivity index (χ3n) is 5.11. The van der Waals surface area contributed by atoms with E-state index in [4.69, 9.17) is 0 Å². The van der Waals surface area contributed by atoms with Crippen molar-refractivity contribution < 1.29 is 8.42 Å². The highest BCUT2D eigenvalue weighted by Gasteiger charge is 2.31. The highest BCUT2D eigenvalue weighted by molar-refractivity contribution is 7.89. The normalized spacial score (nSPS) is 17.0. The second-order valence-corrected chi connectivity index (χ2v) is 8.81. The third-order valence-corrected chi connectivity index (χ3v) is 7.15. The number of fused-ring (bicyclic) bond motifs is 1. The van der Waals surface area contributed by atoms with Gasteiger partial charge in [0.1, 0.15) is 5.52 Å². The Hall–Kier alpha value is -2.25. The van der Waals surface area contributed by atoms with Gasteiger partial charge in [-0.25, -0.2) is 18.4 Å². The maximum Gasteiger partial charge on any atom is 0.243 e. The van der Waals surface area contributed by atoms with Gasteiger partial charge in [-0.1, -0.05) is 12.1 Å². The standard InChI is InChI=1S/C19H22N4O2S/c1-14-5-6-15(2)18(12-14)26(24,25)22-10-7-16(8-11-22)23-13-21-17-4-3-9-20-19(17)23/h3-6,9,12-13,16H,7-8,10-11H2,1-2H3. The minimum atomic E-state index is -3.46. The molecule has 26 heavy (non-hydrogen) atoms. The number of hydrogen-bond acceptors (Lipinski definition) is 4. The Bertz CT molecular complexity index is 1050. The first-order valence-electron chi connectivity index (χ1n) is 8.82. The van der Waals surface area contributed by atoms with Gasteiger partial charge < -0.3 is 4.57 Å². The number of benzene rings is 1. The largest absolute Gasteiger partial charge is 0.312 e. The predicted octanol–water partition coefficient (Wildman–Crippen LogP) is 3.07. The van der Waals surface area contributed by atoms with E-state index in [1.54, 1.807) is 16.6 Å². The Morgan fingerprint density at radius 2 is 1.85 bits per heavy atom. The molecule has 7 heteroatoms. The summed E-state index contributed by atoms with van der Waals surface area (Å²) in [6, 6.07) is 9.62. The van der Waals surface area contributed by atoms with Gasteiger partial charge in [0, 0.05) is 25.3 Å². The zero-order valence-corrected chi connectivity index (χ0v) is 15.8. The predicted molar refractivity (Wildman–Crippen MR) is 100 cm³/mol. The molecule has 1 fully saturated rings. The molecular formula is C19H22N4O2S. The van der Waals surface area contributed by atoms with E-state index < -0.39 is 10.0 Å². The number of aromatic nitrogens is 3. The molecule has 1 saturated heterocycles. The van der Waals surface area contributed by atoms with E-state index in [9.17, 15) is 8.42 Å². The second kappa shape index (κ2) is 6.48. The molecule has 3 aromatic rings. The maximum atomic E-state index is 13.1. The minimum Gasteiger partial charge on any atom is -0.312 e. The second-order valence-electron chi connectivity index (χ2n) is 6.90. The smallest absolute Gasteiger partial charge is 0.243 e. The maximum absolute atomic E-state index is 13.1. The van der Waals surface area contributed by atoms with E-state index >= 15 is 0 Å². The van der Waals surface area contributed by atoms with Crippen molar-refractivity contribution in [2.24, 2.45) is 0 Å². The number of piperidine rings is 1. The Kier molecular flexibility index (Phi) is 4.28. The van der Waals surface area contributed by atoms with Gasteiger partial charge in [-0.2, -0.15) is 4.31 Å². The Morgan fingerprint density at radius 1 is 1.08 bits per heavy atom. The zero-order chi connectivity index (χ0) is 18.3. The Balaban J connectivity index is 1.55. The molecular weight excluding hydrogens is 348 g/mol. The summed E-state index contributed by atoms with van der Waals surface area (Å²) in [6.07, 6.45) is 5.09. The van der Waals surface area contributed by atoms with Crippen LogP contribution in [-0.2, 0) is 10.0 Å². The van der Waals surface area contributed by atoms with Crippen LogP contribution in [-0.4, -0.2) is 40.3 Å². The average Bonchev–Trinajstić information content (AvgIpc) is 3.08. The molecule has 0 N–H and O–H groups in total. The first-order chi connectivity index (χ1) is 12.5. The van der Waals surface area contributed by atoms with E-state index in [0.717, 1.165) is 35.1 Å². The lowest BCUT2D eigenvalue weighted by atomic mass is 10.1. The molecule has 4 rings (SSSR count). The van der Waals surface area contributed by atoms with Crippen LogP contribution >= 0.6 is 0 Å². The number of nitrogens with zero attached hydrogens (tertiary/aromatic N) is 4. The molecule has 0 amide bonds. The van der Waals surface area contributed by atoms with E-state index in [2.05, 4.69) is 14.5 Å². The highest BCUT2D eigenvalue weighted by atomic mass is 32.2. The summed E-state index contributed by atoms with van der Waals surface area (Å²) in [4.78, 5) is 9.24. The molecule has 6 nitrogen and oxygen atoms in total. The van der Waals surface area contributed by atoms with Crippen LogP contribution in [0.25, 0.3) is 11.2 Å². The molecule has 3 heterocycles. The van der Waals surface area contributed by atoms with Gasteiger partial charge in [0.2, 0.25) is 10.0 Å². The number of aryl methyl sites for hydroxylation is 2. The summed E-state index contributed by atoms with van der Waals surface area (Å²) in [5, 5.41) is 0. The van der Waals surface area contributed by atoms with E-state index in [-0.39, 0.29) is 6.04 Å². The van der Waals surface area contributed by atoms with Crippen molar-refractivity contribution in [2.45, 2.75) is 37.6 Å². The van der Waals surface area contributed by atoms with Gasteiger partial charge in [0.15, 0.2) is 5.65 Å². The summed E-state index contributed by atoms with van der Waals surface area (Å²) < 4.78 is 29.8. The van der Waals surface area contributed by atoms with Gasteiger partial charge in [-0.3, -0.25) is 0 Å². The molecule has 1 aliphatic rings. The number of rotatable bonds is 3. The van der Waals surface area contributed by atoms with Crippen LogP contribution in [0.5, 0.6) is 0 Å². The monoisotopic (exact) mass is 370 g/mol. The fourth-order valence-electron chi connectivity index (χ4n) is 3.62. The van der Waals surface area contributed by atoms with Gasteiger partial charge in [0.25, 0.3) is 0 Å². The molecule has 0 radical (unpaired) electrons. The fourth-order valence-corrected chi connectivity index (χ4v) is 5.40. The summed E-state index contributed by atoms with van der Waals surface area (Å²) in [5.74, 6) is 0. The molecule has 0 aliphatic carbocycles. The molecule has 1 aromatic carbocycles. The summed E-state index contributed by atoms with van der Waals surface area (Å²) in [6.45, 7) is 4.78. The summed E-state index contributed by atoms with van der Waals surface area (Å²) in [5.41, 5.74) is 3.49. The summed E-state index contributed by atoms with van der Waals surface area (Å²) in [7, 11) is -3.46. The first-order valence-corrected chi connectivity index (χ1v) is 10.3. The van der Waals surface area contributed by atoms with Crippen molar-refractivity contribution >= 4 is 21.2 Å². The number of sulfonamides is 1. The minimum absolute atomic E-state index is 0.222. The fraction of sp³-hybridized carbons (Fsp3) is 0.368. The molecule has 136 valence electrons. The molecule has 0 saturated carbocycles. The van der Waals surface area contributed by atoms with E-state index in [1.807, 2.05) is 44.4 Å². The van der Waals surface area contributed by atoms with Crippen LogP contribution < -0.4 is 0 Å². The summed E-state index contributed by atoms with van der Waals surface area (Å²) >= 11 is 0. The Labute approximate surface area is 153 Å². The van der Waals surface area contributed by atoms with Crippen LogP contribution in [0.3, 0.4) is 0 Å². The van der Waals surface area contributed by atoms with Gasteiger partial charge in [-0.15, -0.1) is 0 Å². The molecule has 0 spiro atoms. The molecule has 1 aliphatic heterocycles. The van der Waals surface area contributed by atoms with Crippen molar-refractivity contribution in [2.75, 3.05) is 13.1 Å². The van der Waals surface area contributed by atoms with Crippen LogP contribution in [0.4, 0.5) is 0 Å². The van der Waals surface area contributed by atoms with Crippen LogP contribution in [0.1, 0.15) is 30.0 Å². The number of imidazole rings is 1. The Morgan fingerprint density at radius 3 is 2.62 bits per heavy atom. The van der Waals surface area contributed by atoms with Gasteiger partial charge in [0.05, 0.1) is 11.2 Å². The quantitative estimate of drug-likeness (QED) is 0.710. The first kappa shape index (κ1) is 17.2. The number of hydrogen-bond donors (Lipinski definition) is 0. The lowest BCUT2D eigenvalue weighted by molar-refractivity contribution is 0.276. The van der Waals surface area contributed by atoms with Crippen LogP contribution in [0.2, 0.25) is 0 Å².